The number of nitrogens with zero attached hydrogens (tertiary/aromatic N) is 4. The molecule has 6 heterocycles. The molecule has 6 fully saturated rings. The monoisotopic (exact) mass is 562 g/mol. The van der Waals surface area contributed by atoms with Gasteiger partial charge >= 0.3 is 0 Å². The fourth-order valence-electron chi connectivity index (χ4n) is 7.23. The molecule has 0 spiro atoms. The molecule has 224 valence electrons. The molecule has 0 unspecified atom stereocenters. The third-order valence-corrected chi connectivity index (χ3v) is 9.77. The lowest BCUT2D eigenvalue weighted by Crippen LogP contribution is -2.54. The van der Waals surface area contributed by atoms with E-state index in [0.29, 0.717) is 84.7 Å². The van der Waals surface area contributed by atoms with E-state index >= 15 is 0 Å². The van der Waals surface area contributed by atoms with Gasteiger partial charge in [-0.05, 0) is 44.4 Å². The van der Waals surface area contributed by atoms with Crippen molar-refractivity contribution in [3.05, 3.63) is 0 Å². The van der Waals surface area contributed by atoms with Crippen molar-refractivity contribution in [1.29, 1.82) is 0 Å². The molecule has 40 heavy (non-hydrogen) atoms. The lowest BCUT2D eigenvalue weighted by atomic mass is 9.80. The summed E-state index contributed by atoms with van der Waals surface area (Å²) in [6.07, 6.45) is 2.26. The highest BCUT2D eigenvalue weighted by Crippen LogP contribution is 2.32. The van der Waals surface area contributed by atoms with Gasteiger partial charge in [0.05, 0.1) is 37.8 Å². The number of ether oxygens (including phenoxy) is 1. The van der Waals surface area contributed by atoms with Crippen molar-refractivity contribution in [2.24, 2.45) is 17.6 Å². The van der Waals surface area contributed by atoms with Crippen molar-refractivity contribution in [3.8, 4) is 0 Å². The number of nitrogens with one attached hydrogen (secondary N) is 1. The first kappa shape index (κ1) is 29.2. The van der Waals surface area contributed by atoms with Crippen LogP contribution in [0.5, 0.6) is 0 Å². The quantitative estimate of drug-likeness (QED) is 0.378. The first-order valence-corrected chi connectivity index (χ1v) is 15.1. The van der Waals surface area contributed by atoms with Crippen LogP contribution in [0.15, 0.2) is 0 Å². The fourth-order valence-corrected chi connectivity index (χ4v) is 7.23. The van der Waals surface area contributed by atoms with E-state index < -0.39 is 12.1 Å². The number of piperidine rings is 2. The van der Waals surface area contributed by atoms with Crippen LogP contribution in [0.3, 0.4) is 0 Å². The van der Waals surface area contributed by atoms with Gasteiger partial charge in [-0.2, -0.15) is 0 Å². The number of fused-ring (bicyclic) bond motifs is 8. The molecule has 0 saturated carbocycles. The summed E-state index contributed by atoms with van der Waals surface area (Å²) in [6.45, 7) is 6.73. The van der Waals surface area contributed by atoms with Gasteiger partial charge in [-0.1, -0.05) is 0 Å². The molecule has 12 heteroatoms. The number of aliphatic hydroxyl groups excluding tert-OH is 1. The van der Waals surface area contributed by atoms with Crippen molar-refractivity contribution >= 4 is 23.6 Å². The van der Waals surface area contributed by atoms with Gasteiger partial charge in [-0.15, -0.1) is 0 Å². The second kappa shape index (κ2) is 12.7. The Morgan fingerprint density at radius 3 is 2.38 bits per heavy atom. The Bertz CT molecular complexity index is 952. The van der Waals surface area contributed by atoms with E-state index in [1.54, 1.807) is 11.8 Å². The summed E-state index contributed by atoms with van der Waals surface area (Å²) in [7, 11) is 0. The second-order valence-electron chi connectivity index (χ2n) is 12.4. The highest BCUT2D eigenvalue weighted by molar-refractivity contribution is 5.83. The summed E-state index contributed by atoms with van der Waals surface area (Å²) >= 11 is 0. The molecule has 6 aliphatic rings. The second-order valence-corrected chi connectivity index (χ2v) is 12.4. The first-order valence-electron chi connectivity index (χ1n) is 15.1. The normalized spacial score (nSPS) is 36.8. The van der Waals surface area contributed by atoms with E-state index in [9.17, 15) is 24.3 Å². The highest BCUT2D eigenvalue weighted by Gasteiger charge is 2.42. The van der Waals surface area contributed by atoms with Crippen LogP contribution in [-0.2, 0) is 23.9 Å². The average molecular weight is 563 g/mol. The summed E-state index contributed by atoms with van der Waals surface area (Å²) in [5.74, 6) is -0.327. The van der Waals surface area contributed by atoms with E-state index in [2.05, 4.69) is 10.2 Å². The van der Waals surface area contributed by atoms with Crippen LogP contribution in [0.1, 0.15) is 51.9 Å². The molecule has 4 amide bonds. The van der Waals surface area contributed by atoms with Crippen LogP contribution in [0.4, 0.5) is 0 Å². The van der Waals surface area contributed by atoms with Gasteiger partial charge in [-0.25, -0.2) is 0 Å². The van der Waals surface area contributed by atoms with Crippen LogP contribution in [-0.4, -0.2) is 138 Å². The minimum atomic E-state index is -1.03. The van der Waals surface area contributed by atoms with Crippen LogP contribution in [0.25, 0.3) is 0 Å². The highest BCUT2D eigenvalue weighted by atomic mass is 16.5. The van der Waals surface area contributed by atoms with E-state index in [1.807, 2.05) is 9.80 Å². The molecular formula is C28H46N6O6. The Kier molecular flexibility index (Phi) is 9.28. The number of amides is 4. The molecule has 4 N–H and O–H groups in total. The number of rotatable bonds is 2. The number of hydrogen-bond acceptors (Lipinski definition) is 8. The van der Waals surface area contributed by atoms with Crippen molar-refractivity contribution < 1.29 is 29.0 Å². The maximum Gasteiger partial charge on any atom is 0.237 e. The summed E-state index contributed by atoms with van der Waals surface area (Å²) in [5, 5.41) is 13.8. The van der Waals surface area contributed by atoms with E-state index in [4.69, 9.17) is 10.5 Å². The van der Waals surface area contributed by atoms with Crippen molar-refractivity contribution in [2.45, 2.75) is 82.1 Å². The smallest absolute Gasteiger partial charge is 0.237 e. The SMILES string of the molecule is C[C@@H]1NC(=O)[C@@H]2C[C@H](N)CN2C2CCN(CC2)C(=O)C[C@H]2CN(CC[C@H]2CC(=O)N2CCOCC2)C(=O)C[C@@H]1O. The van der Waals surface area contributed by atoms with Gasteiger partial charge in [0.1, 0.15) is 0 Å². The van der Waals surface area contributed by atoms with Crippen molar-refractivity contribution in [2.75, 3.05) is 59.0 Å². The molecule has 0 radical (unpaired) electrons. The Balaban J connectivity index is 1.33. The van der Waals surface area contributed by atoms with Crippen LogP contribution >= 0.6 is 0 Å². The first-order chi connectivity index (χ1) is 19.2. The lowest BCUT2D eigenvalue weighted by Gasteiger charge is -2.41. The predicted molar refractivity (Wildman–Crippen MR) is 146 cm³/mol. The van der Waals surface area contributed by atoms with Crippen molar-refractivity contribution in [3.63, 3.8) is 0 Å². The van der Waals surface area contributed by atoms with Gasteiger partial charge in [-0.3, -0.25) is 24.1 Å². The predicted octanol–water partition coefficient (Wildman–Crippen LogP) is -1.25. The number of hydrogen-bond donors (Lipinski definition) is 3. The zero-order valence-electron chi connectivity index (χ0n) is 23.7. The number of nitrogens with two attached hydrogens (primary N) is 1. The molecule has 4 bridgehead atoms. The molecule has 0 aliphatic carbocycles. The third kappa shape index (κ3) is 6.61. The number of morpholine rings is 1. The van der Waals surface area contributed by atoms with Crippen molar-refractivity contribution in [1.82, 2.24) is 24.9 Å². The minimum Gasteiger partial charge on any atom is -0.390 e. The van der Waals surface area contributed by atoms with Crippen LogP contribution in [0, 0.1) is 11.8 Å². The van der Waals surface area contributed by atoms with E-state index in [-0.39, 0.29) is 60.0 Å². The Morgan fingerprint density at radius 2 is 1.65 bits per heavy atom. The molecule has 6 atom stereocenters. The number of aliphatic hydroxyl groups is 1. The molecule has 6 rings (SSSR count). The van der Waals surface area contributed by atoms with Crippen LogP contribution in [0.2, 0.25) is 0 Å². The van der Waals surface area contributed by atoms with E-state index in [0.717, 1.165) is 12.8 Å². The Morgan fingerprint density at radius 1 is 0.975 bits per heavy atom. The van der Waals surface area contributed by atoms with Gasteiger partial charge in [0, 0.05) is 70.7 Å². The maximum atomic E-state index is 13.5. The van der Waals surface area contributed by atoms with E-state index in [1.165, 1.54) is 0 Å². The molecule has 0 aromatic carbocycles. The topological polar surface area (TPSA) is 149 Å². The summed E-state index contributed by atoms with van der Waals surface area (Å²) in [5.41, 5.74) is 6.27. The third-order valence-electron chi connectivity index (χ3n) is 9.77. The maximum absolute atomic E-state index is 13.5. The van der Waals surface area contributed by atoms with Crippen LogP contribution < -0.4 is 11.1 Å². The molecular weight excluding hydrogens is 516 g/mol. The standard InChI is InChI=1S/C28H46N6O6/c1-18-24(35)15-27(38)33-5-2-19(12-25(36)32-8-10-40-11-9-32)20(16-33)13-26(37)31-6-3-22(4-7-31)34-17-21(29)14-23(34)28(39)30-18/h18-24,35H,2-17,29H2,1H3,(H,30,39)/t18-,19-,20-,21-,23-,24-/m0/s1. The summed E-state index contributed by atoms with van der Waals surface area (Å²) in [4.78, 5) is 60.8. The molecule has 6 aliphatic heterocycles. The number of carbonyl (C=O) groups excluding carboxylic acids is 4. The van der Waals surface area contributed by atoms with Gasteiger partial charge in [0.15, 0.2) is 0 Å². The van der Waals surface area contributed by atoms with Gasteiger partial charge < -0.3 is 35.6 Å². The van der Waals surface area contributed by atoms with Gasteiger partial charge in [0.25, 0.3) is 0 Å². The largest absolute Gasteiger partial charge is 0.390 e. The Labute approximate surface area is 236 Å². The Hall–Kier alpha value is -2.28. The zero-order chi connectivity index (χ0) is 28.4. The molecule has 6 saturated heterocycles. The number of carbonyl (C=O) groups is 4. The molecule has 0 aromatic heterocycles. The van der Waals surface area contributed by atoms with Gasteiger partial charge in [0.2, 0.25) is 23.6 Å². The average Bonchev–Trinajstić information content (AvgIpc) is 3.35. The zero-order valence-corrected chi connectivity index (χ0v) is 23.7. The molecule has 12 nitrogen and oxygen atoms in total. The summed E-state index contributed by atoms with van der Waals surface area (Å²) < 4.78 is 5.39. The lowest BCUT2D eigenvalue weighted by molar-refractivity contribution is -0.142. The minimum absolute atomic E-state index is 0.0120. The molecule has 0 aromatic rings. The fraction of sp³-hybridized carbons (Fsp3) is 0.857. The summed E-state index contributed by atoms with van der Waals surface area (Å²) in [6, 6.07) is -0.910.